The van der Waals surface area contributed by atoms with E-state index in [0.717, 1.165) is 0 Å². The first-order valence-electron chi connectivity index (χ1n) is 6.72. The van der Waals surface area contributed by atoms with E-state index in [2.05, 4.69) is 0 Å². The van der Waals surface area contributed by atoms with Gasteiger partial charge in [-0.05, 0) is 54.5 Å². The van der Waals surface area contributed by atoms with Gasteiger partial charge < -0.3 is 0 Å². The molecule has 1 aliphatic rings. The Morgan fingerprint density at radius 3 is 2.23 bits per heavy atom. The highest BCUT2D eigenvalue weighted by atomic mass is 35.5. The van der Waals surface area contributed by atoms with Gasteiger partial charge in [-0.3, -0.25) is 4.79 Å². The van der Waals surface area contributed by atoms with Crippen molar-refractivity contribution in [3.8, 4) is 0 Å². The molecule has 1 aliphatic carbocycles. The van der Waals surface area contributed by atoms with Gasteiger partial charge in [0, 0.05) is 5.56 Å². The number of aryl methyl sites for hydroxylation is 1. The number of rotatable bonds is 4. The molecule has 0 bridgehead atoms. The van der Waals surface area contributed by atoms with Crippen molar-refractivity contribution >= 4 is 27.5 Å². The second kappa shape index (κ2) is 5.85. The number of thiol groups is 1. The van der Waals surface area contributed by atoms with Crippen molar-refractivity contribution in [2.24, 2.45) is 0 Å². The molecule has 0 unspecified atom stereocenters. The zero-order valence-electron chi connectivity index (χ0n) is 11.7. The standard InChI is InChI=1S/C14H14ClF3O3S/c1-2-8-6-10(13(22(20)21)4-3-5-13)11(14(16,17)18)7-9(8)12(15)19/h6-7,22H,2-5H2,1H3. The molecule has 1 fully saturated rings. The Balaban J connectivity index is 2.80. The van der Waals surface area contributed by atoms with E-state index >= 15 is 0 Å². The van der Waals surface area contributed by atoms with E-state index < -0.39 is 32.4 Å². The van der Waals surface area contributed by atoms with Crippen LogP contribution in [-0.2, 0) is 28.0 Å². The molecule has 2 rings (SSSR count). The van der Waals surface area contributed by atoms with Crippen molar-refractivity contribution in [1.29, 1.82) is 0 Å². The van der Waals surface area contributed by atoms with Gasteiger partial charge in [0.05, 0.1) is 10.3 Å². The van der Waals surface area contributed by atoms with Crippen molar-refractivity contribution in [2.75, 3.05) is 0 Å². The van der Waals surface area contributed by atoms with Crippen LogP contribution in [0.1, 0.15) is 53.2 Å². The smallest absolute Gasteiger partial charge is 0.276 e. The summed E-state index contributed by atoms with van der Waals surface area (Å²) in [5.41, 5.74) is -1.25. The average molecular weight is 355 g/mol. The lowest BCUT2D eigenvalue weighted by Crippen LogP contribution is -2.38. The molecule has 8 heteroatoms. The summed E-state index contributed by atoms with van der Waals surface area (Å²) < 4.78 is 61.7. The van der Waals surface area contributed by atoms with Crippen LogP contribution in [0.5, 0.6) is 0 Å². The number of halogens is 4. The fourth-order valence-corrected chi connectivity index (χ4v) is 4.04. The van der Waals surface area contributed by atoms with E-state index in [0.29, 0.717) is 18.1 Å². The van der Waals surface area contributed by atoms with Gasteiger partial charge >= 0.3 is 6.18 Å². The van der Waals surface area contributed by atoms with Gasteiger partial charge in [-0.2, -0.15) is 13.2 Å². The van der Waals surface area contributed by atoms with Crippen molar-refractivity contribution in [2.45, 2.75) is 43.5 Å². The van der Waals surface area contributed by atoms with Crippen molar-refractivity contribution in [1.82, 2.24) is 0 Å². The van der Waals surface area contributed by atoms with Crippen LogP contribution in [0.4, 0.5) is 13.2 Å². The lowest BCUT2D eigenvalue weighted by Gasteiger charge is -2.39. The molecule has 0 saturated heterocycles. The second-order valence-corrected chi connectivity index (χ2v) is 7.04. The molecule has 3 nitrogen and oxygen atoms in total. The first-order chi connectivity index (χ1) is 10.1. The fourth-order valence-electron chi connectivity index (χ4n) is 2.80. The van der Waals surface area contributed by atoms with Crippen molar-refractivity contribution in [3.05, 3.63) is 34.4 Å². The van der Waals surface area contributed by atoms with Gasteiger partial charge in [-0.15, -0.1) is 0 Å². The van der Waals surface area contributed by atoms with Crippen LogP contribution in [0.15, 0.2) is 12.1 Å². The molecule has 0 radical (unpaired) electrons. The van der Waals surface area contributed by atoms with E-state index in [4.69, 9.17) is 11.6 Å². The zero-order chi connectivity index (χ0) is 16.7. The van der Waals surface area contributed by atoms with Gasteiger partial charge in [0.2, 0.25) is 0 Å². The number of hydrogen-bond acceptors (Lipinski definition) is 3. The summed E-state index contributed by atoms with van der Waals surface area (Å²) in [5.74, 6) is 0. The minimum absolute atomic E-state index is 0.159. The summed E-state index contributed by atoms with van der Waals surface area (Å²) in [6.45, 7) is 1.67. The monoisotopic (exact) mass is 354 g/mol. The molecule has 22 heavy (non-hydrogen) atoms. The highest BCUT2D eigenvalue weighted by Crippen LogP contribution is 2.49. The van der Waals surface area contributed by atoms with Crippen LogP contribution in [0.3, 0.4) is 0 Å². The van der Waals surface area contributed by atoms with Crippen LogP contribution in [-0.4, -0.2) is 13.7 Å². The quantitative estimate of drug-likeness (QED) is 0.663. The molecule has 122 valence electrons. The maximum Gasteiger partial charge on any atom is 0.416 e. The number of carbonyl (C=O) groups is 1. The normalized spacial score (nSPS) is 17.4. The number of hydrogen-bond donors (Lipinski definition) is 1. The van der Waals surface area contributed by atoms with Crippen LogP contribution in [0, 0.1) is 0 Å². The van der Waals surface area contributed by atoms with Crippen molar-refractivity contribution in [3.63, 3.8) is 0 Å². The average Bonchev–Trinajstić information content (AvgIpc) is 2.34. The van der Waals surface area contributed by atoms with Gasteiger partial charge in [0.25, 0.3) is 5.24 Å². The van der Waals surface area contributed by atoms with Crippen LogP contribution < -0.4 is 0 Å². The summed E-state index contributed by atoms with van der Waals surface area (Å²) in [6, 6.07) is 1.87. The molecule has 1 saturated carbocycles. The Morgan fingerprint density at radius 2 is 1.91 bits per heavy atom. The predicted molar refractivity (Wildman–Crippen MR) is 76.8 cm³/mol. The van der Waals surface area contributed by atoms with E-state index in [-0.39, 0.29) is 30.4 Å². The van der Waals surface area contributed by atoms with Gasteiger partial charge in [0.1, 0.15) is 10.7 Å². The summed E-state index contributed by atoms with van der Waals surface area (Å²) in [5, 5.41) is -0.983. The van der Waals surface area contributed by atoms with E-state index in [1.165, 1.54) is 6.07 Å². The Labute approximate surface area is 132 Å². The first-order valence-corrected chi connectivity index (χ1v) is 8.28. The molecular formula is C14H14ClF3O3S. The Morgan fingerprint density at radius 1 is 1.32 bits per heavy atom. The van der Waals surface area contributed by atoms with Crippen LogP contribution in [0.25, 0.3) is 0 Å². The van der Waals surface area contributed by atoms with Crippen LogP contribution >= 0.6 is 11.6 Å². The molecule has 0 amide bonds. The first kappa shape index (κ1) is 17.3. The SMILES string of the molecule is CCc1cc(C2([SH](=O)=O)CCC2)c(C(F)(F)F)cc1C(=O)Cl. The minimum atomic E-state index is -4.75. The van der Waals surface area contributed by atoms with E-state index in [1.807, 2.05) is 0 Å². The topological polar surface area (TPSA) is 51.2 Å². The molecule has 0 aromatic heterocycles. The highest BCUT2D eigenvalue weighted by molar-refractivity contribution is 7.73. The summed E-state index contributed by atoms with van der Waals surface area (Å²) in [4.78, 5) is 11.4. The molecular weight excluding hydrogens is 341 g/mol. The maximum atomic E-state index is 13.3. The van der Waals surface area contributed by atoms with E-state index in [1.54, 1.807) is 6.92 Å². The van der Waals surface area contributed by atoms with Gasteiger partial charge in [-0.1, -0.05) is 13.0 Å². The van der Waals surface area contributed by atoms with E-state index in [9.17, 15) is 26.4 Å². The zero-order valence-corrected chi connectivity index (χ0v) is 13.3. The largest absolute Gasteiger partial charge is 0.416 e. The Hall–Kier alpha value is -1.08. The van der Waals surface area contributed by atoms with Crippen molar-refractivity contribution < 1.29 is 26.4 Å². The molecule has 1 aromatic carbocycles. The molecule has 0 aliphatic heterocycles. The third-order valence-corrected chi connectivity index (χ3v) is 5.76. The summed E-state index contributed by atoms with van der Waals surface area (Å²) in [6.07, 6.45) is -3.60. The molecule has 0 atom stereocenters. The third-order valence-electron chi connectivity index (χ3n) is 4.17. The Bertz CT molecular complexity index is 683. The summed E-state index contributed by atoms with van der Waals surface area (Å²) >= 11 is 5.36. The van der Waals surface area contributed by atoms with Gasteiger partial charge in [-0.25, -0.2) is 8.42 Å². The lowest BCUT2D eigenvalue weighted by molar-refractivity contribution is -0.138. The molecule has 0 heterocycles. The molecule has 0 spiro atoms. The number of benzene rings is 1. The van der Waals surface area contributed by atoms with Gasteiger partial charge in [0.15, 0.2) is 0 Å². The highest BCUT2D eigenvalue weighted by Gasteiger charge is 2.48. The predicted octanol–water partition coefficient (Wildman–Crippen LogP) is 3.64. The Kier molecular flexibility index (Phi) is 4.59. The van der Waals surface area contributed by atoms with Crippen LogP contribution in [0.2, 0.25) is 0 Å². The fraction of sp³-hybridized carbons (Fsp3) is 0.500. The molecule has 0 N–H and O–H groups in total. The third kappa shape index (κ3) is 2.76. The maximum absolute atomic E-state index is 13.3. The lowest BCUT2D eigenvalue weighted by atomic mass is 9.75. The number of alkyl halides is 3. The summed E-state index contributed by atoms with van der Waals surface area (Å²) in [7, 11) is -3.06. The minimum Gasteiger partial charge on any atom is -0.276 e. The number of carbonyl (C=O) groups excluding carboxylic acids is 1. The second-order valence-electron chi connectivity index (χ2n) is 5.32. The molecule has 1 aromatic rings.